The van der Waals surface area contributed by atoms with Crippen molar-refractivity contribution in [1.29, 1.82) is 0 Å². The molecule has 4 heteroatoms. The number of hydrogen-bond donors (Lipinski definition) is 2. The molecule has 1 aromatic carbocycles. The molecular weight excluding hydrogens is 202 g/mol. The molecule has 0 fully saturated rings. The molecule has 1 unspecified atom stereocenters. The Hall–Kier alpha value is -1.06. The van der Waals surface area contributed by atoms with Crippen LogP contribution >= 0.6 is 11.6 Å². The molecule has 1 rings (SSSR count). The summed E-state index contributed by atoms with van der Waals surface area (Å²) < 4.78 is 0. The van der Waals surface area contributed by atoms with Crippen LogP contribution in [0.4, 0.5) is 0 Å². The first-order valence-corrected chi connectivity index (χ1v) is 4.62. The van der Waals surface area contributed by atoms with Crippen molar-refractivity contribution in [3.05, 3.63) is 34.3 Å². The smallest absolute Gasteiger partial charge is 0.305 e. The summed E-state index contributed by atoms with van der Waals surface area (Å²) in [5.74, 6) is -0.906. The third-order valence-corrected chi connectivity index (χ3v) is 2.27. The number of aryl methyl sites for hydroxylation is 1. The van der Waals surface area contributed by atoms with Gasteiger partial charge in [-0.25, -0.2) is 0 Å². The van der Waals surface area contributed by atoms with Crippen LogP contribution in [-0.4, -0.2) is 11.1 Å². The minimum Gasteiger partial charge on any atom is -0.481 e. The van der Waals surface area contributed by atoms with Crippen molar-refractivity contribution in [1.82, 2.24) is 0 Å². The summed E-state index contributed by atoms with van der Waals surface area (Å²) in [6, 6.07) is 4.81. The van der Waals surface area contributed by atoms with Crippen LogP contribution in [0, 0.1) is 6.92 Å². The molecule has 0 saturated heterocycles. The Kier molecular flexibility index (Phi) is 3.49. The van der Waals surface area contributed by atoms with Gasteiger partial charge in [0.2, 0.25) is 0 Å². The predicted octanol–water partition coefficient (Wildman–Crippen LogP) is 2.12. The molecule has 3 nitrogen and oxygen atoms in total. The Morgan fingerprint density at radius 3 is 2.86 bits per heavy atom. The van der Waals surface area contributed by atoms with Gasteiger partial charge in [-0.2, -0.15) is 0 Å². The van der Waals surface area contributed by atoms with Crippen LogP contribution < -0.4 is 5.73 Å². The van der Waals surface area contributed by atoms with E-state index >= 15 is 0 Å². The lowest BCUT2D eigenvalue weighted by molar-refractivity contribution is -0.137. The first-order chi connectivity index (χ1) is 6.50. The maximum absolute atomic E-state index is 10.5. The third-order valence-electron chi connectivity index (χ3n) is 2.04. The monoisotopic (exact) mass is 213 g/mol. The molecule has 0 radical (unpaired) electrons. The standard InChI is InChI=1S/C10H12ClNO2/c1-6-2-3-7(11)4-8(6)9(12)5-10(13)14/h2-4,9H,5,12H2,1H3,(H,13,14). The second-order valence-corrected chi connectivity index (χ2v) is 3.64. The van der Waals surface area contributed by atoms with E-state index in [0.717, 1.165) is 11.1 Å². The molecule has 0 aliphatic heterocycles. The zero-order valence-electron chi connectivity index (χ0n) is 7.83. The molecule has 3 N–H and O–H groups in total. The number of aliphatic carboxylic acids is 1. The van der Waals surface area contributed by atoms with Gasteiger partial charge in [-0.1, -0.05) is 17.7 Å². The number of carboxylic acids is 1. The van der Waals surface area contributed by atoms with Gasteiger partial charge in [0.05, 0.1) is 6.42 Å². The van der Waals surface area contributed by atoms with E-state index in [1.165, 1.54) is 0 Å². The minimum atomic E-state index is -0.906. The van der Waals surface area contributed by atoms with Crippen molar-refractivity contribution in [3.63, 3.8) is 0 Å². The summed E-state index contributed by atoms with van der Waals surface area (Å²) >= 11 is 5.79. The van der Waals surface area contributed by atoms with Crippen molar-refractivity contribution in [3.8, 4) is 0 Å². The van der Waals surface area contributed by atoms with Crippen molar-refractivity contribution in [2.24, 2.45) is 5.73 Å². The molecule has 0 aromatic heterocycles. The van der Waals surface area contributed by atoms with Crippen LogP contribution in [0.1, 0.15) is 23.6 Å². The highest BCUT2D eigenvalue weighted by atomic mass is 35.5. The minimum absolute atomic E-state index is 0.0822. The number of nitrogens with two attached hydrogens (primary N) is 1. The van der Waals surface area contributed by atoms with Gasteiger partial charge in [-0.05, 0) is 30.2 Å². The number of hydrogen-bond acceptors (Lipinski definition) is 2. The zero-order valence-corrected chi connectivity index (χ0v) is 8.58. The Balaban J connectivity index is 2.93. The van der Waals surface area contributed by atoms with Crippen molar-refractivity contribution in [2.45, 2.75) is 19.4 Å². The molecular formula is C10H12ClNO2. The predicted molar refractivity (Wildman–Crippen MR) is 55.4 cm³/mol. The van der Waals surface area contributed by atoms with E-state index in [0.29, 0.717) is 5.02 Å². The van der Waals surface area contributed by atoms with Gasteiger partial charge in [0, 0.05) is 11.1 Å². The van der Waals surface area contributed by atoms with E-state index in [9.17, 15) is 4.79 Å². The molecule has 0 spiro atoms. The van der Waals surface area contributed by atoms with E-state index < -0.39 is 12.0 Å². The highest BCUT2D eigenvalue weighted by Gasteiger charge is 2.12. The molecule has 1 aromatic rings. The second kappa shape index (κ2) is 4.44. The molecule has 14 heavy (non-hydrogen) atoms. The summed E-state index contributed by atoms with van der Waals surface area (Å²) in [6.45, 7) is 1.88. The Bertz CT molecular complexity index is 352. The Morgan fingerprint density at radius 2 is 2.29 bits per heavy atom. The SMILES string of the molecule is Cc1ccc(Cl)cc1C(N)CC(=O)O. The number of halogens is 1. The van der Waals surface area contributed by atoms with Crippen LogP contribution in [-0.2, 0) is 4.79 Å². The lowest BCUT2D eigenvalue weighted by Gasteiger charge is -2.12. The molecule has 0 aliphatic rings. The number of carboxylic acid groups (broad SMARTS) is 1. The van der Waals surface area contributed by atoms with Crippen LogP contribution in [0.15, 0.2) is 18.2 Å². The van der Waals surface area contributed by atoms with E-state index in [2.05, 4.69) is 0 Å². The first kappa shape index (κ1) is 11.0. The Morgan fingerprint density at radius 1 is 1.64 bits per heavy atom. The van der Waals surface area contributed by atoms with Gasteiger partial charge in [0.25, 0.3) is 0 Å². The number of carbonyl (C=O) groups is 1. The zero-order chi connectivity index (χ0) is 10.7. The second-order valence-electron chi connectivity index (χ2n) is 3.21. The highest BCUT2D eigenvalue weighted by Crippen LogP contribution is 2.22. The van der Waals surface area contributed by atoms with Crippen molar-refractivity contribution in [2.75, 3.05) is 0 Å². The fourth-order valence-corrected chi connectivity index (χ4v) is 1.49. The summed E-state index contributed by atoms with van der Waals surface area (Å²) in [4.78, 5) is 10.5. The molecule has 0 amide bonds. The van der Waals surface area contributed by atoms with E-state index in [1.54, 1.807) is 12.1 Å². The quantitative estimate of drug-likeness (QED) is 0.809. The average Bonchev–Trinajstić information content (AvgIpc) is 2.08. The van der Waals surface area contributed by atoms with Gasteiger partial charge in [-0.3, -0.25) is 4.79 Å². The molecule has 0 aliphatic carbocycles. The summed E-state index contributed by atoms with van der Waals surface area (Å²) in [5, 5.41) is 9.17. The van der Waals surface area contributed by atoms with Crippen molar-refractivity contribution >= 4 is 17.6 Å². The van der Waals surface area contributed by atoms with Crippen LogP contribution in [0.3, 0.4) is 0 Å². The lowest BCUT2D eigenvalue weighted by Crippen LogP contribution is -2.16. The van der Waals surface area contributed by atoms with Gasteiger partial charge in [0.1, 0.15) is 0 Å². The topological polar surface area (TPSA) is 63.3 Å². The summed E-state index contributed by atoms with van der Waals surface area (Å²) in [6.07, 6.45) is -0.0822. The maximum Gasteiger partial charge on any atom is 0.305 e. The Labute approximate surface area is 87.5 Å². The lowest BCUT2D eigenvalue weighted by atomic mass is 10.00. The van der Waals surface area contributed by atoms with Gasteiger partial charge >= 0.3 is 5.97 Å². The number of benzene rings is 1. The maximum atomic E-state index is 10.5. The first-order valence-electron chi connectivity index (χ1n) is 4.24. The fraction of sp³-hybridized carbons (Fsp3) is 0.300. The van der Waals surface area contributed by atoms with Crippen LogP contribution in [0.5, 0.6) is 0 Å². The molecule has 0 heterocycles. The largest absolute Gasteiger partial charge is 0.481 e. The van der Waals surface area contributed by atoms with Crippen LogP contribution in [0.2, 0.25) is 5.02 Å². The van der Waals surface area contributed by atoms with Gasteiger partial charge < -0.3 is 10.8 Å². The highest BCUT2D eigenvalue weighted by molar-refractivity contribution is 6.30. The average molecular weight is 214 g/mol. The summed E-state index contributed by atoms with van der Waals surface area (Å²) in [7, 11) is 0. The van der Waals surface area contributed by atoms with E-state index in [1.807, 2.05) is 13.0 Å². The van der Waals surface area contributed by atoms with E-state index in [-0.39, 0.29) is 6.42 Å². The van der Waals surface area contributed by atoms with Gasteiger partial charge in [0.15, 0.2) is 0 Å². The normalized spacial score (nSPS) is 12.5. The fourth-order valence-electron chi connectivity index (χ4n) is 1.31. The van der Waals surface area contributed by atoms with Crippen molar-refractivity contribution < 1.29 is 9.90 Å². The van der Waals surface area contributed by atoms with E-state index in [4.69, 9.17) is 22.4 Å². The number of rotatable bonds is 3. The third kappa shape index (κ3) is 2.72. The summed E-state index contributed by atoms with van der Waals surface area (Å²) in [5.41, 5.74) is 7.48. The van der Waals surface area contributed by atoms with Crippen LogP contribution in [0.25, 0.3) is 0 Å². The molecule has 0 bridgehead atoms. The molecule has 1 atom stereocenters. The van der Waals surface area contributed by atoms with Gasteiger partial charge in [-0.15, -0.1) is 0 Å². The molecule has 0 saturated carbocycles. The molecule has 76 valence electrons.